The summed E-state index contributed by atoms with van der Waals surface area (Å²) in [5.41, 5.74) is 0.817. The third kappa shape index (κ3) is 3.30. The van der Waals surface area contributed by atoms with Crippen LogP contribution in [0.1, 0.15) is 25.7 Å². The van der Waals surface area contributed by atoms with Gasteiger partial charge in [0.15, 0.2) is 6.61 Å². The van der Waals surface area contributed by atoms with E-state index < -0.39 is 0 Å². The topological polar surface area (TPSA) is 61.9 Å². The zero-order valence-corrected chi connectivity index (χ0v) is 14.4. The van der Waals surface area contributed by atoms with Crippen LogP contribution in [0.2, 0.25) is 0 Å². The Balaban J connectivity index is 1.24. The molecular formula is C19H25N3O3. The number of amides is 3. The van der Waals surface area contributed by atoms with E-state index in [9.17, 15) is 9.59 Å². The number of carbonyl (C=O) groups is 2. The van der Waals surface area contributed by atoms with Crippen molar-refractivity contribution in [2.45, 2.75) is 25.7 Å². The van der Waals surface area contributed by atoms with Crippen LogP contribution in [0.25, 0.3) is 0 Å². The average molecular weight is 343 g/mol. The predicted octanol–water partition coefficient (Wildman–Crippen LogP) is 2.24. The van der Waals surface area contributed by atoms with E-state index in [1.165, 1.54) is 19.3 Å². The van der Waals surface area contributed by atoms with Crippen molar-refractivity contribution >= 4 is 17.6 Å². The molecule has 0 bridgehead atoms. The quantitative estimate of drug-likeness (QED) is 0.853. The minimum Gasteiger partial charge on any atom is -0.482 e. The van der Waals surface area contributed by atoms with Crippen LogP contribution in [0.5, 0.6) is 5.75 Å². The fourth-order valence-corrected chi connectivity index (χ4v) is 4.34. The van der Waals surface area contributed by atoms with Gasteiger partial charge in [0.1, 0.15) is 5.75 Å². The van der Waals surface area contributed by atoms with Gasteiger partial charge >= 0.3 is 6.03 Å². The molecule has 4 rings (SSSR count). The van der Waals surface area contributed by atoms with Crippen LogP contribution in [0, 0.1) is 11.8 Å². The Labute approximate surface area is 148 Å². The van der Waals surface area contributed by atoms with Gasteiger partial charge in [0.25, 0.3) is 5.91 Å². The van der Waals surface area contributed by atoms with Crippen LogP contribution < -0.4 is 15.0 Å². The summed E-state index contributed by atoms with van der Waals surface area (Å²) in [5.74, 6) is 2.15. The van der Waals surface area contributed by atoms with E-state index in [-0.39, 0.29) is 18.5 Å². The lowest BCUT2D eigenvalue weighted by Gasteiger charge is -2.29. The lowest BCUT2D eigenvalue weighted by atomic mass is 10.0. The second kappa shape index (κ2) is 6.94. The minimum atomic E-state index is -0.0302. The van der Waals surface area contributed by atoms with E-state index in [0.29, 0.717) is 24.9 Å². The Morgan fingerprint density at radius 2 is 1.96 bits per heavy atom. The summed E-state index contributed by atoms with van der Waals surface area (Å²) >= 11 is 0. The maximum absolute atomic E-state index is 12.3. The number of urea groups is 1. The Morgan fingerprint density at radius 1 is 1.20 bits per heavy atom. The molecule has 134 valence electrons. The van der Waals surface area contributed by atoms with Gasteiger partial charge in [0.05, 0.1) is 5.69 Å². The first-order chi connectivity index (χ1) is 12.2. The van der Waals surface area contributed by atoms with Gasteiger partial charge in [-0.15, -0.1) is 0 Å². The number of likely N-dealkylation sites (tertiary alicyclic amines) is 1. The molecule has 6 heteroatoms. The first-order valence-corrected chi connectivity index (χ1v) is 9.27. The van der Waals surface area contributed by atoms with Gasteiger partial charge in [-0.05, 0) is 43.2 Å². The van der Waals surface area contributed by atoms with E-state index in [1.54, 1.807) is 4.90 Å². The normalized spacial score (nSPS) is 24.7. The molecule has 1 saturated heterocycles. The highest BCUT2D eigenvalue weighted by molar-refractivity contribution is 5.97. The Morgan fingerprint density at radius 3 is 2.76 bits per heavy atom. The minimum absolute atomic E-state index is 0.0302. The Kier molecular flexibility index (Phi) is 4.51. The van der Waals surface area contributed by atoms with Gasteiger partial charge in [0, 0.05) is 26.2 Å². The highest BCUT2D eigenvalue weighted by atomic mass is 16.5. The fourth-order valence-electron chi connectivity index (χ4n) is 4.34. The molecule has 0 spiro atoms. The summed E-state index contributed by atoms with van der Waals surface area (Å²) in [6, 6.07) is 7.62. The van der Waals surface area contributed by atoms with Crippen molar-refractivity contribution in [2.24, 2.45) is 11.8 Å². The van der Waals surface area contributed by atoms with Crippen LogP contribution in [0.15, 0.2) is 24.3 Å². The molecule has 0 radical (unpaired) electrons. The van der Waals surface area contributed by atoms with E-state index in [0.717, 1.165) is 30.9 Å². The summed E-state index contributed by atoms with van der Waals surface area (Å²) in [4.78, 5) is 28.1. The number of fused-ring (bicyclic) bond motifs is 2. The molecule has 2 fully saturated rings. The number of anilines is 1. The molecule has 6 nitrogen and oxygen atoms in total. The molecule has 0 unspecified atom stereocenters. The number of hydrogen-bond donors (Lipinski definition) is 1. The third-order valence-electron chi connectivity index (χ3n) is 5.66. The first-order valence-electron chi connectivity index (χ1n) is 9.27. The van der Waals surface area contributed by atoms with Crippen LogP contribution >= 0.6 is 0 Å². The lowest BCUT2D eigenvalue weighted by molar-refractivity contribution is -0.121. The maximum Gasteiger partial charge on any atom is 0.317 e. The van der Waals surface area contributed by atoms with Crippen LogP contribution in [-0.2, 0) is 4.79 Å². The zero-order valence-electron chi connectivity index (χ0n) is 14.4. The van der Waals surface area contributed by atoms with Crippen LogP contribution in [0.3, 0.4) is 0 Å². The standard InChI is InChI=1S/C19H25N3O3/c23-18-13-25-17-8-2-1-7-16(17)22(18)10-4-9-20-19(24)21-11-14-5-3-6-15(14)12-21/h1-2,7-8,14-15H,3-6,9-13H2,(H,20,24)/t14-,15-/m1/s1. The van der Waals surface area contributed by atoms with Gasteiger partial charge in [-0.25, -0.2) is 4.79 Å². The smallest absolute Gasteiger partial charge is 0.317 e. The molecule has 2 atom stereocenters. The number of benzene rings is 1. The van der Waals surface area contributed by atoms with Gasteiger partial charge in [-0.3, -0.25) is 4.79 Å². The number of carbonyl (C=O) groups excluding carboxylic acids is 2. The zero-order chi connectivity index (χ0) is 17.2. The van der Waals surface area contributed by atoms with Crippen molar-refractivity contribution in [1.82, 2.24) is 10.2 Å². The van der Waals surface area contributed by atoms with Gasteiger partial charge in [-0.1, -0.05) is 18.6 Å². The molecular weight excluding hydrogens is 318 g/mol. The SMILES string of the molecule is O=C(NCCCN1C(=O)COc2ccccc21)N1C[C@H]2CCC[C@@H]2C1. The number of para-hydroxylation sites is 2. The summed E-state index contributed by atoms with van der Waals surface area (Å²) in [6.07, 6.45) is 4.59. The predicted molar refractivity (Wildman–Crippen MR) is 94.7 cm³/mol. The number of nitrogens with one attached hydrogen (secondary N) is 1. The number of ether oxygens (including phenoxy) is 1. The number of nitrogens with zero attached hydrogens (tertiary/aromatic N) is 2. The van der Waals surface area contributed by atoms with Crippen molar-refractivity contribution in [2.75, 3.05) is 37.7 Å². The van der Waals surface area contributed by atoms with Crippen LogP contribution in [0.4, 0.5) is 10.5 Å². The molecule has 1 aromatic carbocycles. The fraction of sp³-hybridized carbons (Fsp3) is 0.579. The van der Waals surface area contributed by atoms with Gasteiger partial charge in [-0.2, -0.15) is 0 Å². The monoisotopic (exact) mass is 343 g/mol. The summed E-state index contributed by atoms with van der Waals surface area (Å²) in [5, 5.41) is 3.01. The average Bonchev–Trinajstić information content (AvgIpc) is 3.22. The Bertz CT molecular complexity index is 651. The van der Waals surface area contributed by atoms with Crippen molar-refractivity contribution in [3.63, 3.8) is 0 Å². The molecule has 2 heterocycles. The van der Waals surface area contributed by atoms with Crippen molar-refractivity contribution in [1.29, 1.82) is 0 Å². The van der Waals surface area contributed by atoms with E-state index in [1.807, 2.05) is 29.2 Å². The van der Waals surface area contributed by atoms with Crippen molar-refractivity contribution < 1.29 is 14.3 Å². The van der Waals surface area contributed by atoms with E-state index in [4.69, 9.17) is 4.74 Å². The largest absolute Gasteiger partial charge is 0.482 e. The molecule has 1 aromatic rings. The van der Waals surface area contributed by atoms with Crippen molar-refractivity contribution in [3.8, 4) is 5.75 Å². The molecule has 0 aromatic heterocycles. The molecule has 1 aliphatic carbocycles. The third-order valence-corrected chi connectivity index (χ3v) is 5.66. The molecule has 3 aliphatic rings. The van der Waals surface area contributed by atoms with E-state index in [2.05, 4.69) is 5.32 Å². The van der Waals surface area contributed by atoms with Crippen LogP contribution in [-0.4, -0.2) is 49.6 Å². The molecule has 25 heavy (non-hydrogen) atoms. The second-order valence-electron chi connectivity index (χ2n) is 7.24. The molecule has 1 saturated carbocycles. The lowest BCUT2D eigenvalue weighted by Crippen LogP contribution is -2.42. The second-order valence-corrected chi connectivity index (χ2v) is 7.24. The number of rotatable bonds is 4. The van der Waals surface area contributed by atoms with Crippen molar-refractivity contribution in [3.05, 3.63) is 24.3 Å². The summed E-state index contributed by atoms with van der Waals surface area (Å²) < 4.78 is 5.45. The summed E-state index contributed by atoms with van der Waals surface area (Å²) in [6.45, 7) is 3.07. The molecule has 1 N–H and O–H groups in total. The molecule has 3 amide bonds. The molecule has 2 aliphatic heterocycles. The first kappa shape index (κ1) is 16.2. The highest BCUT2D eigenvalue weighted by Crippen LogP contribution is 2.37. The van der Waals surface area contributed by atoms with Gasteiger partial charge in [0.2, 0.25) is 0 Å². The number of hydrogen-bond acceptors (Lipinski definition) is 3. The maximum atomic E-state index is 12.3. The Hall–Kier alpha value is -2.24. The summed E-state index contributed by atoms with van der Waals surface area (Å²) in [7, 11) is 0. The highest BCUT2D eigenvalue weighted by Gasteiger charge is 2.37. The van der Waals surface area contributed by atoms with Gasteiger partial charge < -0.3 is 19.9 Å². The van der Waals surface area contributed by atoms with E-state index >= 15 is 0 Å².